The van der Waals surface area contributed by atoms with Gasteiger partial charge in [-0.15, -0.1) is 0 Å². The second-order valence-corrected chi connectivity index (χ2v) is 5.31. The van der Waals surface area contributed by atoms with Crippen LogP contribution >= 0.6 is 0 Å². The van der Waals surface area contributed by atoms with E-state index in [1.807, 2.05) is 13.0 Å². The minimum Gasteiger partial charge on any atom is -0.396 e. The van der Waals surface area contributed by atoms with E-state index >= 15 is 0 Å². The molecule has 0 amide bonds. The Morgan fingerprint density at radius 3 is 3.11 bits per heavy atom. The van der Waals surface area contributed by atoms with E-state index in [2.05, 4.69) is 16.4 Å². The van der Waals surface area contributed by atoms with Crippen molar-refractivity contribution in [3.05, 3.63) is 22.9 Å². The van der Waals surface area contributed by atoms with Crippen molar-refractivity contribution >= 4 is 5.82 Å². The molecule has 0 fully saturated rings. The van der Waals surface area contributed by atoms with Crippen molar-refractivity contribution in [1.82, 2.24) is 4.98 Å². The van der Waals surface area contributed by atoms with Gasteiger partial charge in [-0.1, -0.05) is 6.92 Å². The van der Waals surface area contributed by atoms with E-state index in [9.17, 15) is 0 Å². The van der Waals surface area contributed by atoms with E-state index in [-0.39, 0.29) is 6.61 Å². The lowest BCUT2D eigenvalue weighted by Crippen LogP contribution is -2.09. The summed E-state index contributed by atoms with van der Waals surface area (Å²) in [7, 11) is 0. The van der Waals surface area contributed by atoms with Gasteiger partial charge in [-0.25, -0.2) is 4.98 Å². The van der Waals surface area contributed by atoms with Crippen LogP contribution in [-0.2, 0) is 12.8 Å². The van der Waals surface area contributed by atoms with Gasteiger partial charge < -0.3 is 10.4 Å². The number of nitriles is 1. The second kappa shape index (κ2) is 6.53. The molecular formula is C15H21N3O. The molecule has 1 aromatic rings. The average molecular weight is 259 g/mol. The molecule has 0 saturated heterocycles. The summed E-state index contributed by atoms with van der Waals surface area (Å²) in [5.41, 5.74) is 3.03. The Morgan fingerprint density at radius 2 is 2.37 bits per heavy atom. The van der Waals surface area contributed by atoms with Crippen molar-refractivity contribution < 1.29 is 5.11 Å². The summed E-state index contributed by atoms with van der Waals surface area (Å²) >= 11 is 0. The molecule has 0 saturated carbocycles. The van der Waals surface area contributed by atoms with Gasteiger partial charge >= 0.3 is 0 Å². The van der Waals surface area contributed by atoms with E-state index in [0.717, 1.165) is 50.2 Å². The van der Waals surface area contributed by atoms with Crippen LogP contribution in [0, 0.1) is 17.2 Å². The monoisotopic (exact) mass is 259 g/mol. The van der Waals surface area contributed by atoms with E-state index in [0.29, 0.717) is 11.5 Å². The number of anilines is 1. The highest BCUT2D eigenvalue weighted by atomic mass is 16.3. The number of nitrogens with zero attached hydrogens (tertiary/aromatic N) is 2. The van der Waals surface area contributed by atoms with Crippen molar-refractivity contribution in [2.24, 2.45) is 5.92 Å². The first-order valence-electron chi connectivity index (χ1n) is 7.02. The standard InChI is InChI=1S/C15H21N3O/c1-11(10-19)4-3-7-17-15-13(9-16)8-12-5-2-6-14(12)18-15/h8,11,19H,2-7,10H2,1H3,(H,17,18). The summed E-state index contributed by atoms with van der Waals surface area (Å²) < 4.78 is 0. The van der Waals surface area contributed by atoms with Crippen LogP contribution in [0.3, 0.4) is 0 Å². The first-order chi connectivity index (χ1) is 9.24. The molecule has 4 nitrogen and oxygen atoms in total. The molecule has 0 aromatic carbocycles. The number of aliphatic hydroxyl groups excluding tert-OH is 1. The highest BCUT2D eigenvalue weighted by Crippen LogP contribution is 2.24. The van der Waals surface area contributed by atoms with E-state index in [1.165, 1.54) is 5.56 Å². The van der Waals surface area contributed by atoms with Crippen LogP contribution in [0.2, 0.25) is 0 Å². The molecule has 2 rings (SSSR count). The first kappa shape index (κ1) is 13.8. The number of nitrogens with one attached hydrogen (secondary N) is 1. The van der Waals surface area contributed by atoms with E-state index in [4.69, 9.17) is 10.4 Å². The molecule has 1 heterocycles. The number of aliphatic hydroxyl groups is 1. The molecule has 4 heteroatoms. The van der Waals surface area contributed by atoms with Crippen LogP contribution in [-0.4, -0.2) is 23.2 Å². The summed E-state index contributed by atoms with van der Waals surface area (Å²) in [6, 6.07) is 4.20. The van der Waals surface area contributed by atoms with Gasteiger partial charge in [0, 0.05) is 18.8 Å². The second-order valence-electron chi connectivity index (χ2n) is 5.31. The zero-order valence-corrected chi connectivity index (χ0v) is 11.4. The number of fused-ring (bicyclic) bond motifs is 1. The lowest BCUT2D eigenvalue weighted by molar-refractivity contribution is 0.229. The minimum absolute atomic E-state index is 0.237. The minimum atomic E-state index is 0.237. The van der Waals surface area contributed by atoms with Crippen molar-refractivity contribution in [3.63, 3.8) is 0 Å². The van der Waals surface area contributed by atoms with Gasteiger partial charge in [0.15, 0.2) is 0 Å². The lowest BCUT2D eigenvalue weighted by atomic mass is 10.1. The Labute approximate surface area is 114 Å². The molecule has 0 aliphatic heterocycles. The fourth-order valence-electron chi connectivity index (χ4n) is 2.44. The molecule has 2 N–H and O–H groups in total. The summed E-state index contributed by atoms with van der Waals surface area (Å²) in [4.78, 5) is 4.58. The SMILES string of the molecule is CC(CO)CCCNc1nc2c(cc1C#N)CCC2. The number of rotatable bonds is 6. The quantitative estimate of drug-likeness (QED) is 0.769. The molecule has 1 aliphatic rings. The summed E-state index contributed by atoms with van der Waals surface area (Å²) in [6.45, 7) is 3.07. The van der Waals surface area contributed by atoms with Gasteiger partial charge in [-0.3, -0.25) is 0 Å². The molecule has 0 spiro atoms. The zero-order valence-electron chi connectivity index (χ0n) is 11.4. The topological polar surface area (TPSA) is 68.9 Å². The fraction of sp³-hybridized carbons (Fsp3) is 0.600. The lowest BCUT2D eigenvalue weighted by Gasteiger charge is -2.11. The van der Waals surface area contributed by atoms with Crippen molar-refractivity contribution in [3.8, 4) is 6.07 Å². The van der Waals surface area contributed by atoms with Crippen molar-refractivity contribution in [2.75, 3.05) is 18.5 Å². The van der Waals surface area contributed by atoms with Gasteiger partial charge in [0.25, 0.3) is 0 Å². The Morgan fingerprint density at radius 1 is 1.53 bits per heavy atom. The number of aromatic nitrogens is 1. The van der Waals surface area contributed by atoms with Crippen LogP contribution in [0.25, 0.3) is 0 Å². The predicted molar refractivity (Wildman–Crippen MR) is 75.0 cm³/mol. The van der Waals surface area contributed by atoms with Gasteiger partial charge in [0.2, 0.25) is 0 Å². The van der Waals surface area contributed by atoms with E-state index in [1.54, 1.807) is 0 Å². The highest BCUT2D eigenvalue weighted by molar-refractivity contribution is 5.55. The summed E-state index contributed by atoms with van der Waals surface area (Å²) in [5, 5.41) is 21.4. The third-order valence-corrected chi connectivity index (χ3v) is 3.65. The molecule has 1 aliphatic carbocycles. The molecule has 102 valence electrons. The number of pyridine rings is 1. The maximum absolute atomic E-state index is 9.17. The Balaban J connectivity index is 1.95. The van der Waals surface area contributed by atoms with E-state index < -0.39 is 0 Å². The highest BCUT2D eigenvalue weighted by Gasteiger charge is 2.16. The number of hydrogen-bond donors (Lipinski definition) is 2. The van der Waals surface area contributed by atoms with Gasteiger partial charge in [-0.05, 0) is 49.7 Å². The molecule has 1 unspecified atom stereocenters. The Hall–Kier alpha value is -1.60. The number of hydrogen-bond acceptors (Lipinski definition) is 4. The molecule has 0 radical (unpaired) electrons. The Kier molecular flexibility index (Phi) is 4.75. The Bertz CT molecular complexity index is 479. The van der Waals surface area contributed by atoms with Crippen LogP contribution < -0.4 is 5.32 Å². The van der Waals surface area contributed by atoms with Crippen LogP contribution in [0.4, 0.5) is 5.82 Å². The molecular weight excluding hydrogens is 238 g/mol. The van der Waals surface area contributed by atoms with Crippen LogP contribution in [0.1, 0.15) is 43.0 Å². The molecule has 19 heavy (non-hydrogen) atoms. The zero-order chi connectivity index (χ0) is 13.7. The fourth-order valence-corrected chi connectivity index (χ4v) is 2.44. The average Bonchev–Trinajstić information content (AvgIpc) is 2.89. The normalized spacial score (nSPS) is 14.8. The molecule has 1 aromatic heterocycles. The maximum Gasteiger partial charge on any atom is 0.144 e. The summed E-state index contributed by atoms with van der Waals surface area (Å²) in [6.07, 6.45) is 5.18. The maximum atomic E-state index is 9.17. The first-order valence-corrected chi connectivity index (χ1v) is 7.02. The number of aryl methyl sites for hydroxylation is 2. The predicted octanol–water partition coefficient (Wildman–Crippen LogP) is 2.26. The van der Waals surface area contributed by atoms with Gasteiger partial charge in [-0.2, -0.15) is 5.26 Å². The largest absolute Gasteiger partial charge is 0.396 e. The third-order valence-electron chi connectivity index (χ3n) is 3.65. The van der Waals surface area contributed by atoms with Crippen LogP contribution in [0.15, 0.2) is 6.07 Å². The van der Waals surface area contributed by atoms with Gasteiger partial charge in [0.05, 0.1) is 5.56 Å². The van der Waals surface area contributed by atoms with Gasteiger partial charge in [0.1, 0.15) is 11.9 Å². The molecule has 0 bridgehead atoms. The molecule has 1 atom stereocenters. The van der Waals surface area contributed by atoms with Crippen molar-refractivity contribution in [2.45, 2.75) is 39.0 Å². The van der Waals surface area contributed by atoms with Crippen LogP contribution in [0.5, 0.6) is 0 Å². The van der Waals surface area contributed by atoms with Crippen molar-refractivity contribution in [1.29, 1.82) is 5.26 Å². The smallest absolute Gasteiger partial charge is 0.144 e. The summed E-state index contributed by atoms with van der Waals surface area (Å²) in [5.74, 6) is 1.06. The third kappa shape index (κ3) is 3.45.